The summed E-state index contributed by atoms with van der Waals surface area (Å²) < 4.78 is 0. The summed E-state index contributed by atoms with van der Waals surface area (Å²) in [5.74, 6) is -0.442. The highest BCUT2D eigenvalue weighted by Crippen LogP contribution is 2.14. The molecular formula is C15H19N3O2. The van der Waals surface area contributed by atoms with Crippen molar-refractivity contribution in [1.29, 1.82) is 0 Å². The average Bonchev–Trinajstić information content (AvgIpc) is 2.84. The van der Waals surface area contributed by atoms with Gasteiger partial charge in [0.2, 0.25) is 5.91 Å². The fourth-order valence-corrected chi connectivity index (χ4v) is 1.94. The quantitative estimate of drug-likeness (QED) is 0.795. The molecule has 2 amide bonds. The van der Waals surface area contributed by atoms with E-state index in [0.29, 0.717) is 5.56 Å². The lowest BCUT2D eigenvalue weighted by molar-refractivity contribution is -0.123. The molecule has 106 valence electrons. The molecule has 0 saturated carbocycles. The zero-order valence-corrected chi connectivity index (χ0v) is 11.9. The molecule has 0 aliphatic heterocycles. The van der Waals surface area contributed by atoms with Crippen molar-refractivity contribution in [3.63, 3.8) is 0 Å². The van der Waals surface area contributed by atoms with E-state index in [1.807, 2.05) is 32.2 Å². The summed E-state index contributed by atoms with van der Waals surface area (Å²) >= 11 is 0. The van der Waals surface area contributed by atoms with Gasteiger partial charge in [0, 0.05) is 23.3 Å². The number of carbonyl (C=O) groups is 2. The van der Waals surface area contributed by atoms with Crippen LogP contribution in [0.2, 0.25) is 0 Å². The number of fused-ring (bicyclic) bond motifs is 1. The van der Waals surface area contributed by atoms with Gasteiger partial charge in [-0.1, -0.05) is 6.07 Å². The lowest BCUT2D eigenvalue weighted by atomic mass is 10.1. The third-order valence-electron chi connectivity index (χ3n) is 2.99. The van der Waals surface area contributed by atoms with E-state index in [4.69, 9.17) is 0 Å². The van der Waals surface area contributed by atoms with Crippen molar-refractivity contribution in [3.8, 4) is 0 Å². The monoisotopic (exact) mass is 273 g/mol. The molecule has 1 heterocycles. The van der Waals surface area contributed by atoms with Gasteiger partial charge in [-0.25, -0.2) is 0 Å². The summed E-state index contributed by atoms with van der Waals surface area (Å²) in [5, 5.41) is 6.51. The van der Waals surface area contributed by atoms with Crippen LogP contribution in [0, 0.1) is 0 Å². The van der Waals surface area contributed by atoms with Crippen LogP contribution in [0.5, 0.6) is 0 Å². The first-order valence-corrected chi connectivity index (χ1v) is 6.66. The van der Waals surface area contributed by atoms with Gasteiger partial charge in [0.05, 0.1) is 0 Å². The Kier molecular flexibility index (Phi) is 4.08. The van der Waals surface area contributed by atoms with Crippen molar-refractivity contribution in [2.45, 2.75) is 32.9 Å². The first-order valence-electron chi connectivity index (χ1n) is 6.66. The molecule has 20 heavy (non-hydrogen) atoms. The third kappa shape index (κ3) is 3.17. The molecule has 0 radical (unpaired) electrons. The molecule has 0 fully saturated rings. The van der Waals surface area contributed by atoms with E-state index in [1.54, 1.807) is 19.1 Å². The van der Waals surface area contributed by atoms with E-state index < -0.39 is 6.04 Å². The third-order valence-corrected chi connectivity index (χ3v) is 2.99. The van der Waals surface area contributed by atoms with Crippen LogP contribution in [-0.2, 0) is 4.79 Å². The van der Waals surface area contributed by atoms with Crippen molar-refractivity contribution in [1.82, 2.24) is 15.6 Å². The highest BCUT2D eigenvalue weighted by atomic mass is 16.2. The van der Waals surface area contributed by atoms with Gasteiger partial charge in [-0.2, -0.15) is 0 Å². The van der Waals surface area contributed by atoms with Crippen molar-refractivity contribution in [2.75, 3.05) is 0 Å². The van der Waals surface area contributed by atoms with Crippen LogP contribution in [0.15, 0.2) is 30.5 Å². The Morgan fingerprint density at radius 1 is 1.10 bits per heavy atom. The Morgan fingerprint density at radius 2 is 1.85 bits per heavy atom. The Morgan fingerprint density at radius 3 is 2.55 bits per heavy atom. The van der Waals surface area contributed by atoms with Crippen LogP contribution < -0.4 is 10.6 Å². The summed E-state index contributed by atoms with van der Waals surface area (Å²) in [6, 6.07) is 6.83. The Balaban J connectivity index is 2.05. The molecule has 1 aromatic carbocycles. The SMILES string of the molecule is CC(C)NC(=O)C(C)NC(=O)c1ccc2cc[nH]c2c1. The number of hydrogen-bond acceptors (Lipinski definition) is 2. The van der Waals surface area contributed by atoms with Crippen LogP contribution in [-0.4, -0.2) is 28.9 Å². The van der Waals surface area contributed by atoms with Gasteiger partial charge in [0.25, 0.3) is 5.91 Å². The van der Waals surface area contributed by atoms with Gasteiger partial charge in [-0.05, 0) is 44.4 Å². The number of aromatic amines is 1. The Bertz CT molecular complexity index is 631. The predicted octanol–water partition coefficient (Wildman–Crippen LogP) is 1.81. The Hall–Kier alpha value is -2.30. The van der Waals surface area contributed by atoms with Crippen LogP contribution in [0.3, 0.4) is 0 Å². The Labute approximate surface area is 117 Å². The summed E-state index contributed by atoms with van der Waals surface area (Å²) in [5.41, 5.74) is 1.43. The zero-order valence-electron chi connectivity index (χ0n) is 11.9. The summed E-state index contributed by atoms with van der Waals surface area (Å²) in [4.78, 5) is 26.9. The van der Waals surface area contributed by atoms with Crippen molar-refractivity contribution in [3.05, 3.63) is 36.0 Å². The van der Waals surface area contributed by atoms with Crippen molar-refractivity contribution >= 4 is 22.7 Å². The van der Waals surface area contributed by atoms with E-state index >= 15 is 0 Å². The first kappa shape index (κ1) is 14.1. The van der Waals surface area contributed by atoms with E-state index in [0.717, 1.165) is 10.9 Å². The second kappa shape index (κ2) is 5.77. The lowest BCUT2D eigenvalue weighted by Crippen LogP contribution is -2.46. The summed E-state index contributed by atoms with van der Waals surface area (Å²) in [6.45, 7) is 5.43. The fraction of sp³-hybridized carbons (Fsp3) is 0.333. The van der Waals surface area contributed by atoms with Crippen molar-refractivity contribution < 1.29 is 9.59 Å². The van der Waals surface area contributed by atoms with Crippen LogP contribution in [0.25, 0.3) is 10.9 Å². The molecular weight excluding hydrogens is 254 g/mol. The van der Waals surface area contributed by atoms with Gasteiger partial charge in [-0.3, -0.25) is 9.59 Å². The number of nitrogens with one attached hydrogen (secondary N) is 3. The molecule has 2 rings (SSSR count). The second-order valence-electron chi connectivity index (χ2n) is 5.14. The summed E-state index contributed by atoms with van der Waals surface area (Å²) in [6.07, 6.45) is 1.82. The van der Waals surface area contributed by atoms with Crippen molar-refractivity contribution in [2.24, 2.45) is 0 Å². The van der Waals surface area contributed by atoms with E-state index in [1.165, 1.54) is 0 Å². The molecule has 3 N–H and O–H groups in total. The van der Waals surface area contributed by atoms with E-state index in [9.17, 15) is 9.59 Å². The number of H-pyrrole nitrogens is 1. The zero-order chi connectivity index (χ0) is 14.7. The van der Waals surface area contributed by atoms with Gasteiger partial charge in [0.1, 0.15) is 6.04 Å². The first-order chi connectivity index (χ1) is 9.47. The second-order valence-corrected chi connectivity index (χ2v) is 5.14. The molecule has 1 aromatic heterocycles. The van der Waals surface area contributed by atoms with Gasteiger partial charge >= 0.3 is 0 Å². The lowest BCUT2D eigenvalue weighted by Gasteiger charge is -2.16. The number of hydrogen-bond donors (Lipinski definition) is 3. The molecule has 0 bridgehead atoms. The van der Waals surface area contributed by atoms with E-state index in [-0.39, 0.29) is 17.9 Å². The maximum absolute atomic E-state index is 12.1. The molecule has 0 aliphatic rings. The molecule has 2 aromatic rings. The fourth-order valence-electron chi connectivity index (χ4n) is 1.94. The molecule has 5 nitrogen and oxygen atoms in total. The number of benzene rings is 1. The largest absolute Gasteiger partial charge is 0.361 e. The van der Waals surface area contributed by atoms with Gasteiger partial charge in [-0.15, -0.1) is 0 Å². The standard InChI is InChI=1S/C15H19N3O2/c1-9(2)17-14(19)10(3)18-15(20)12-5-4-11-6-7-16-13(11)8-12/h4-10,16H,1-3H3,(H,17,19)(H,18,20). The minimum Gasteiger partial charge on any atom is -0.361 e. The molecule has 1 unspecified atom stereocenters. The highest BCUT2D eigenvalue weighted by molar-refractivity contribution is 6.00. The van der Waals surface area contributed by atoms with Crippen LogP contribution in [0.1, 0.15) is 31.1 Å². The van der Waals surface area contributed by atoms with Gasteiger partial charge < -0.3 is 15.6 Å². The molecule has 0 saturated heterocycles. The van der Waals surface area contributed by atoms with Crippen LogP contribution >= 0.6 is 0 Å². The topological polar surface area (TPSA) is 74.0 Å². The van der Waals surface area contributed by atoms with Crippen LogP contribution in [0.4, 0.5) is 0 Å². The molecule has 1 atom stereocenters. The molecule has 0 spiro atoms. The maximum Gasteiger partial charge on any atom is 0.251 e. The normalized spacial score (nSPS) is 12.4. The minimum absolute atomic E-state index is 0.0529. The number of rotatable bonds is 4. The molecule has 5 heteroatoms. The highest BCUT2D eigenvalue weighted by Gasteiger charge is 2.17. The van der Waals surface area contributed by atoms with E-state index in [2.05, 4.69) is 15.6 Å². The number of amides is 2. The van der Waals surface area contributed by atoms with Gasteiger partial charge in [0.15, 0.2) is 0 Å². The predicted molar refractivity (Wildman–Crippen MR) is 78.5 cm³/mol. The average molecular weight is 273 g/mol. The number of carbonyl (C=O) groups excluding carboxylic acids is 2. The summed E-state index contributed by atoms with van der Waals surface area (Å²) in [7, 11) is 0. The maximum atomic E-state index is 12.1. The molecule has 0 aliphatic carbocycles. The minimum atomic E-state index is -0.566. The number of aromatic nitrogens is 1. The smallest absolute Gasteiger partial charge is 0.251 e.